The summed E-state index contributed by atoms with van der Waals surface area (Å²) in [6, 6.07) is 12.6. The molecule has 6 nitrogen and oxygen atoms in total. The molecular weight excluding hydrogens is 421 g/mol. The summed E-state index contributed by atoms with van der Waals surface area (Å²) in [4.78, 5) is 36.9. The number of amides is 1. The van der Waals surface area contributed by atoms with Crippen molar-refractivity contribution in [2.75, 3.05) is 18.5 Å². The number of rotatable bonds is 7. The number of ether oxygens (including phenoxy) is 2. The Morgan fingerprint density at radius 2 is 1.77 bits per heavy atom. The Kier molecular flexibility index (Phi) is 7.15. The highest BCUT2D eigenvalue weighted by Gasteiger charge is 2.23. The minimum absolute atomic E-state index is 0.00204. The molecule has 0 radical (unpaired) electrons. The van der Waals surface area contributed by atoms with Crippen LogP contribution in [0.5, 0.6) is 0 Å². The zero-order valence-electron chi connectivity index (χ0n) is 16.9. The molecule has 3 rings (SSSR count). The van der Waals surface area contributed by atoms with Crippen LogP contribution in [0.4, 0.5) is 9.39 Å². The van der Waals surface area contributed by atoms with E-state index in [4.69, 9.17) is 9.47 Å². The van der Waals surface area contributed by atoms with Gasteiger partial charge in [-0.15, -0.1) is 11.3 Å². The van der Waals surface area contributed by atoms with E-state index in [0.29, 0.717) is 10.6 Å². The van der Waals surface area contributed by atoms with Gasteiger partial charge in [0, 0.05) is 10.9 Å². The summed E-state index contributed by atoms with van der Waals surface area (Å²) >= 11 is 1.17. The van der Waals surface area contributed by atoms with Gasteiger partial charge in [0.1, 0.15) is 16.4 Å². The molecule has 0 atom stereocenters. The maximum absolute atomic E-state index is 13.2. The second kappa shape index (κ2) is 9.99. The van der Waals surface area contributed by atoms with Crippen LogP contribution >= 0.6 is 11.3 Å². The number of benzene rings is 2. The van der Waals surface area contributed by atoms with E-state index in [9.17, 15) is 18.8 Å². The van der Waals surface area contributed by atoms with Gasteiger partial charge in [-0.2, -0.15) is 0 Å². The first kappa shape index (κ1) is 22.2. The third-order valence-electron chi connectivity index (χ3n) is 4.28. The standard InChI is InChI=1S/C23H20FNO5S/c1-3-29-23(28)20-18(15-9-7-14(2)8-10-15)13-31-21(20)25-19(26)12-30-22(27)16-5-4-6-17(24)11-16/h4-11,13H,3,12H2,1-2H3,(H,25,26). The number of thiophene rings is 1. The van der Waals surface area contributed by atoms with E-state index in [1.54, 1.807) is 12.3 Å². The molecule has 0 saturated carbocycles. The molecular formula is C23H20FNO5S. The summed E-state index contributed by atoms with van der Waals surface area (Å²) in [5.74, 6) is -2.61. The van der Waals surface area contributed by atoms with Crippen molar-refractivity contribution >= 4 is 34.2 Å². The van der Waals surface area contributed by atoms with E-state index in [2.05, 4.69) is 5.32 Å². The largest absolute Gasteiger partial charge is 0.462 e. The minimum atomic E-state index is -0.827. The predicted molar refractivity (Wildman–Crippen MR) is 116 cm³/mol. The molecule has 0 fully saturated rings. The number of hydrogen-bond acceptors (Lipinski definition) is 6. The van der Waals surface area contributed by atoms with Crippen molar-refractivity contribution in [1.82, 2.24) is 0 Å². The number of aryl methyl sites for hydroxylation is 1. The van der Waals surface area contributed by atoms with Gasteiger partial charge in [-0.1, -0.05) is 35.9 Å². The number of carbonyl (C=O) groups is 3. The number of anilines is 1. The van der Waals surface area contributed by atoms with Crippen LogP contribution in [-0.2, 0) is 14.3 Å². The second-order valence-electron chi connectivity index (χ2n) is 6.57. The van der Waals surface area contributed by atoms with E-state index in [-0.39, 0.29) is 17.7 Å². The van der Waals surface area contributed by atoms with Gasteiger partial charge >= 0.3 is 11.9 Å². The number of halogens is 1. The fraction of sp³-hybridized carbons (Fsp3) is 0.174. The van der Waals surface area contributed by atoms with E-state index in [1.807, 2.05) is 31.2 Å². The van der Waals surface area contributed by atoms with Crippen molar-refractivity contribution in [3.63, 3.8) is 0 Å². The third-order valence-corrected chi connectivity index (χ3v) is 5.18. The predicted octanol–water partition coefficient (Wildman–Crippen LogP) is 4.83. The minimum Gasteiger partial charge on any atom is -0.462 e. The Balaban J connectivity index is 1.75. The molecule has 0 unspecified atom stereocenters. The number of carbonyl (C=O) groups excluding carboxylic acids is 3. The van der Waals surface area contributed by atoms with Gasteiger partial charge in [0.25, 0.3) is 5.91 Å². The van der Waals surface area contributed by atoms with Crippen LogP contribution in [0.15, 0.2) is 53.9 Å². The first-order valence-electron chi connectivity index (χ1n) is 9.47. The lowest BCUT2D eigenvalue weighted by molar-refractivity contribution is -0.119. The number of esters is 2. The van der Waals surface area contributed by atoms with Crippen molar-refractivity contribution in [3.8, 4) is 11.1 Å². The maximum atomic E-state index is 13.2. The fourth-order valence-corrected chi connectivity index (χ4v) is 3.77. The van der Waals surface area contributed by atoms with Crippen LogP contribution in [0.2, 0.25) is 0 Å². The van der Waals surface area contributed by atoms with E-state index >= 15 is 0 Å². The van der Waals surface area contributed by atoms with E-state index in [1.165, 1.54) is 29.5 Å². The normalized spacial score (nSPS) is 10.4. The molecule has 31 heavy (non-hydrogen) atoms. The summed E-state index contributed by atoms with van der Waals surface area (Å²) < 4.78 is 23.3. The summed E-state index contributed by atoms with van der Waals surface area (Å²) in [6.07, 6.45) is 0. The Morgan fingerprint density at radius 3 is 2.45 bits per heavy atom. The van der Waals surface area contributed by atoms with Gasteiger partial charge in [0.05, 0.1) is 12.2 Å². The monoisotopic (exact) mass is 441 g/mol. The first-order chi connectivity index (χ1) is 14.9. The SMILES string of the molecule is CCOC(=O)c1c(-c2ccc(C)cc2)csc1NC(=O)COC(=O)c1cccc(F)c1. The molecule has 8 heteroatoms. The van der Waals surface area contributed by atoms with Crippen LogP contribution in [0.25, 0.3) is 11.1 Å². The zero-order chi connectivity index (χ0) is 22.4. The Labute approximate surface area is 182 Å². The average Bonchev–Trinajstić information content (AvgIpc) is 3.16. The van der Waals surface area contributed by atoms with Gasteiger partial charge < -0.3 is 14.8 Å². The molecule has 1 N–H and O–H groups in total. The summed E-state index contributed by atoms with van der Waals surface area (Å²) in [7, 11) is 0. The van der Waals surface area contributed by atoms with Crippen molar-refractivity contribution in [1.29, 1.82) is 0 Å². The van der Waals surface area contributed by atoms with Gasteiger partial charge in [0.15, 0.2) is 6.61 Å². The zero-order valence-corrected chi connectivity index (χ0v) is 17.8. The van der Waals surface area contributed by atoms with Crippen molar-refractivity contribution in [2.24, 2.45) is 0 Å². The van der Waals surface area contributed by atoms with Crippen LogP contribution < -0.4 is 5.32 Å². The highest BCUT2D eigenvalue weighted by molar-refractivity contribution is 7.15. The Bertz CT molecular complexity index is 1110. The van der Waals surface area contributed by atoms with Gasteiger partial charge in [-0.3, -0.25) is 4.79 Å². The molecule has 2 aromatic carbocycles. The molecule has 1 heterocycles. The summed E-state index contributed by atoms with van der Waals surface area (Å²) in [6.45, 7) is 3.25. The lowest BCUT2D eigenvalue weighted by Crippen LogP contribution is -2.21. The molecule has 1 amide bonds. The average molecular weight is 441 g/mol. The van der Waals surface area contributed by atoms with Gasteiger partial charge in [0.2, 0.25) is 0 Å². The second-order valence-corrected chi connectivity index (χ2v) is 7.45. The van der Waals surface area contributed by atoms with Crippen molar-refractivity contribution in [3.05, 3.63) is 76.4 Å². The van der Waals surface area contributed by atoms with E-state index in [0.717, 1.165) is 17.2 Å². The third kappa shape index (κ3) is 5.55. The van der Waals surface area contributed by atoms with E-state index < -0.39 is 30.3 Å². The highest BCUT2D eigenvalue weighted by Crippen LogP contribution is 2.36. The highest BCUT2D eigenvalue weighted by atomic mass is 32.1. The molecule has 3 aromatic rings. The lowest BCUT2D eigenvalue weighted by atomic mass is 10.0. The summed E-state index contributed by atoms with van der Waals surface area (Å²) in [5.41, 5.74) is 2.75. The number of nitrogens with one attached hydrogen (secondary N) is 1. The van der Waals surface area contributed by atoms with Crippen molar-refractivity contribution < 1.29 is 28.2 Å². The summed E-state index contributed by atoms with van der Waals surface area (Å²) in [5, 5.41) is 4.64. The van der Waals surface area contributed by atoms with Crippen LogP contribution in [-0.4, -0.2) is 31.1 Å². The molecule has 0 aliphatic carbocycles. The number of hydrogen-bond donors (Lipinski definition) is 1. The molecule has 160 valence electrons. The molecule has 0 bridgehead atoms. The van der Waals surface area contributed by atoms with Gasteiger partial charge in [-0.05, 0) is 37.6 Å². The van der Waals surface area contributed by atoms with Crippen LogP contribution in [0.1, 0.15) is 33.2 Å². The van der Waals surface area contributed by atoms with Crippen LogP contribution in [0.3, 0.4) is 0 Å². The maximum Gasteiger partial charge on any atom is 0.341 e. The molecule has 1 aromatic heterocycles. The quantitative estimate of drug-likeness (QED) is 0.531. The molecule has 0 aliphatic heterocycles. The van der Waals surface area contributed by atoms with Crippen molar-refractivity contribution in [2.45, 2.75) is 13.8 Å². The smallest absolute Gasteiger partial charge is 0.341 e. The first-order valence-corrected chi connectivity index (χ1v) is 10.3. The molecule has 0 saturated heterocycles. The van der Waals surface area contributed by atoms with Crippen LogP contribution in [0, 0.1) is 12.7 Å². The topological polar surface area (TPSA) is 81.7 Å². The fourth-order valence-electron chi connectivity index (χ4n) is 2.79. The molecule has 0 aliphatic rings. The Hall–Kier alpha value is -3.52. The Morgan fingerprint density at radius 1 is 1.03 bits per heavy atom. The van der Waals surface area contributed by atoms with Gasteiger partial charge in [-0.25, -0.2) is 14.0 Å². The molecule has 0 spiro atoms. The lowest BCUT2D eigenvalue weighted by Gasteiger charge is -2.09.